The van der Waals surface area contributed by atoms with Crippen molar-refractivity contribution < 1.29 is 0 Å². The highest BCUT2D eigenvalue weighted by molar-refractivity contribution is 8.39. The van der Waals surface area contributed by atoms with E-state index in [0.717, 1.165) is 13.6 Å². The molecule has 0 spiro atoms. The van der Waals surface area contributed by atoms with Crippen LogP contribution >= 0.6 is 25.2 Å². The molecule has 0 N–H and O–H groups in total. The fourth-order valence-corrected chi connectivity index (χ4v) is 5.21. The van der Waals surface area contributed by atoms with Crippen molar-refractivity contribution in [2.45, 2.75) is 32.3 Å². The molecule has 0 rings (SSSR count). The van der Waals surface area contributed by atoms with Crippen LogP contribution in [0.2, 0.25) is 0 Å². The minimum absolute atomic E-state index is 0.982. The summed E-state index contributed by atoms with van der Waals surface area (Å²) in [5.74, 6) is 0. The Morgan fingerprint density at radius 1 is 1.62 bits per heavy atom. The third kappa shape index (κ3) is 5.43. The molecule has 0 aliphatic heterocycles. The number of hydrogen-bond acceptors (Lipinski definition) is 0. The van der Waals surface area contributed by atoms with Crippen molar-refractivity contribution in [2.24, 2.45) is 0 Å². The second-order valence-corrected chi connectivity index (χ2v) is 7.87. The number of rotatable bonds is 4. The minimum atomic E-state index is 0.982. The van der Waals surface area contributed by atoms with Crippen LogP contribution in [0.15, 0.2) is 0 Å². The average Bonchev–Trinajstić information content (AvgIpc) is 1.68. The van der Waals surface area contributed by atoms with Crippen LogP contribution in [0.4, 0.5) is 0 Å². The topological polar surface area (TPSA) is 0 Å². The predicted octanol–water partition coefficient (Wildman–Crippen LogP) is 3.24. The van der Waals surface area contributed by atoms with E-state index in [0.29, 0.717) is 0 Å². The minimum Gasteiger partial charge on any atom is -0.110 e. The lowest BCUT2D eigenvalue weighted by Crippen LogP contribution is -1.87. The van der Waals surface area contributed by atoms with Crippen molar-refractivity contribution in [1.29, 1.82) is 0 Å². The quantitative estimate of drug-likeness (QED) is 0.565. The summed E-state index contributed by atoms with van der Waals surface area (Å²) in [5.41, 5.74) is 0.982. The van der Waals surface area contributed by atoms with E-state index >= 15 is 0 Å². The zero-order valence-electron chi connectivity index (χ0n) is 5.57. The molecule has 50 valence electrons. The van der Waals surface area contributed by atoms with Crippen molar-refractivity contribution in [1.82, 2.24) is 0 Å². The zero-order chi connectivity index (χ0) is 6.41. The van der Waals surface area contributed by atoms with Gasteiger partial charge in [0.15, 0.2) is 0 Å². The summed E-state index contributed by atoms with van der Waals surface area (Å²) in [5, 5.41) is 0. The average molecular weight is 168 g/mol. The molecule has 0 aliphatic carbocycles. The second kappa shape index (κ2) is 6.41. The van der Waals surface area contributed by atoms with Crippen LogP contribution < -0.4 is 0 Å². The molecule has 8 heavy (non-hydrogen) atoms. The molecule has 0 saturated heterocycles. The maximum atomic E-state index is 2.81. The van der Waals surface area contributed by atoms with E-state index in [2.05, 4.69) is 22.8 Å². The Morgan fingerprint density at radius 2 is 2.25 bits per heavy atom. The van der Waals surface area contributed by atoms with Gasteiger partial charge in [-0.05, 0) is 12.1 Å². The van der Waals surface area contributed by atoms with Crippen LogP contribution in [0.25, 0.3) is 0 Å². The third-order valence-electron chi connectivity index (χ3n) is 1.05. The molecule has 0 aliphatic rings. The first-order valence-corrected chi connectivity index (χ1v) is 7.91. The molecular formula is C5H15P3. The van der Waals surface area contributed by atoms with E-state index < -0.39 is 0 Å². The largest absolute Gasteiger partial charge is 0.110 e. The van der Waals surface area contributed by atoms with E-state index in [4.69, 9.17) is 0 Å². The van der Waals surface area contributed by atoms with E-state index in [1.165, 1.54) is 21.1 Å². The lowest BCUT2D eigenvalue weighted by molar-refractivity contribution is 0.786. The van der Waals surface area contributed by atoms with Crippen LogP contribution in [0.1, 0.15) is 26.7 Å². The van der Waals surface area contributed by atoms with Gasteiger partial charge in [0.25, 0.3) is 0 Å². The Bertz CT molecular complexity index is 40.9. The smallest absolute Gasteiger partial charge is 0.0226 e. The first-order valence-electron chi connectivity index (χ1n) is 3.02. The normalized spacial score (nSPS) is 16.9. The predicted molar refractivity (Wildman–Crippen MR) is 50.7 cm³/mol. The molecule has 3 heteroatoms. The summed E-state index contributed by atoms with van der Waals surface area (Å²) >= 11 is 0. The molecule has 4 unspecified atom stereocenters. The lowest BCUT2D eigenvalue weighted by atomic mass is 10.3. The zero-order valence-corrected chi connectivity index (χ0v) is 8.72. The summed E-state index contributed by atoms with van der Waals surface area (Å²) in [6, 6.07) is 0. The Morgan fingerprint density at radius 3 is 2.62 bits per heavy atom. The molecule has 0 fully saturated rings. The van der Waals surface area contributed by atoms with Gasteiger partial charge in [-0.25, -0.2) is 0 Å². The maximum Gasteiger partial charge on any atom is -0.0226 e. The molecule has 0 nitrogen and oxygen atoms in total. The summed E-state index contributed by atoms with van der Waals surface area (Å²) in [6.45, 7) is 4.60. The van der Waals surface area contributed by atoms with Crippen LogP contribution in [-0.2, 0) is 0 Å². The van der Waals surface area contributed by atoms with Gasteiger partial charge in [-0.15, -0.1) is 8.93 Å². The van der Waals surface area contributed by atoms with E-state index in [9.17, 15) is 0 Å². The van der Waals surface area contributed by atoms with Crippen LogP contribution in [0.5, 0.6) is 0 Å². The Hall–Kier alpha value is 1.29. The van der Waals surface area contributed by atoms with Gasteiger partial charge < -0.3 is 0 Å². The fourth-order valence-electron chi connectivity index (χ4n) is 0.647. The fraction of sp³-hybridized carbons (Fsp3) is 1.00. The molecule has 0 aromatic rings. The Kier molecular flexibility index (Phi) is 7.44. The van der Waals surface area contributed by atoms with Gasteiger partial charge in [0.1, 0.15) is 0 Å². The van der Waals surface area contributed by atoms with Gasteiger partial charge in [-0.3, -0.25) is 0 Å². The first-order chi connectivity index (χ1) is 3.81. The Labute approximate surface area is 58.1 Å². The SMILES string of the molecule is CCCC(C)PPP. The highest BCUT2D eigenvalue weighted by Gasteiger charge is 1.95. The van der Waals surface area contributed by atoms with Crippen molar-refractivity contribution in [2.75, 3.05) is 0 Å². The van der Waals surface area contributed by atoms with E-state index in [1.54, 1.807) is 0 Å². The van der Waals surface area contributed by atoms with E-state index in [-0.39, 0.29) is 0 Å². The molecule has 4 atom stereocenters. The number of hydrogen-bond donors (Lipinski definition) is 0. The highest BCUT2D eigenvalue weighted by atomic mass is 32.4. The maximum absolute atomic E-state index is 2.81. The molecule has 0 bridgehead atoms. The third-order valence-corrected chi connectivity index (χ3v) is 5.48. The Balaban J connectivity index is 2.92. The van der Waals surface area contributed by atoms with Crippen molar-refractivity contribution in [3.05, 3.63) is 0 Å². The van der Waals surface area contributed by atoms with E-state index in [1.807, 2.05) is 0 Å². The van der Waals surface area contributed by atoms with Gasteiger partial charge in [-0.2, -0.15) is 0 Å². The van der Waals surface area contributed by atoms with Gasteiger partial charge >= 0.3 is 0 Å². The summed E-state index contributed by atoms with van der Waals surface area (Å²) in [7, 11) is 5.09. The summed E-state index contributed by atoms with van der Waals surface area (Å²) in [4.78, 5) is 0. The molecule has 0 saturated carbocycles. The molecule has 0 aromatic carbocycles. The second-order valence-electron chi connectivity index (χ2n) is 1.98. The van der Waals surface area contributed by atoms with Crippen molar-refractivity contribution in [3.63, 3.8) is 0 Å². The lowest BCUT2D eigenvalue weighted by Gasteiger charge is -2.05. The van der Waals surface area contributed by atoms with Crippen LogP contribution in [0, 0.1) is 0 Å². The monoisotopic (exact) mass is 168 g/mol. The van der Waals surface area contributed by atoms with Gasteiger partial charge in [0.2, 0.25) is 0 Å². The van der Waals surface area contributed by atoms with Crippen molar-refractivity contribution in [3.8, 4) is 0 Å². The first kappa shape index (κ1) is 9.29. The molecule has 0 amide bonds. The van der Waals surface area contributed by atoms with Crippen LogP contribution in [0.3, 0.4) is 0 Å². The van der Waals surface area contributed by atoms with Crippen LogP contribution in [-0.4, -0.2) is 5.66 Å². The summed E-state index contributed by atoms with van der Waals surface area (Å²) < 4.78 is 0. The highest BCUT2D eigenvalue weighted by Crippen LogP contribution is 2.47. The van der Waals surface area contributed by atoms with Gasteiger partial charge in [0, 0.05) is 0 Å². The van der Waals surface area contributed by atoms with Gasteiger partial charge in [-0.1, -0.05) is 36.5 Å². The molecule has 0 radical (unpaired) electrons. The molecule has 0 aromatic heterocycles. The van der Waals surface area contributed by atoms with Gasteiger partial charge in [0.05, 0.1) is 0 Å². The molecular weight excluding hydrogens is 153 g/mol. The molecule has 0 heterocycles. The standard InChI is InChI=1S/C5H15P3/c1-3-4-5(2)7-8-6/h5,7-8H,3-4,6H2,1-2H3. The summed E-state index contributed by atoms with van der Waals surface area (Å²) in [6.07, 6.45) is 2.77. The van der Waals surface area contributed by atoms with Crippen molar-refractivity contribution >= 4 is 25.2 Å².